The van der Waals surface area contributed by atoms with E-state index >= 15 is 0 Å². The molecule has 0 fully saturated rings. The first kappa shape index (κ1) is 20.7. The van der Waals surface area contributed by atoms with Gasteiger partial charge in [0.1, 0.15) is 17.6 Å². The van der Waals surface area contributed by atoms with Gasteiger partial charge in [0.2, 0.25) is 4.96 Å². The largest absolute Gasteiger partial charge is 0.497 e. The van der Waals surface area contributed by atoms with Gasteiger partial charge < -0.3 is 9.15 Å². The molecule has 1 N–H and O–H groups in total. The summed E-state index contributed by atoms with van der Waals surface area (Å²) in [5.74, 6) is 0.481. The Labute approximate surface area is 191 Å². The van der Waals surface area contributed by atoms with Crippen LogP contribution in [0.15, 0.2) is 69.4 Å². The SMILES string of the molecule is COc1ccc(-c2csc3nc(NC(=O)/C=C/c4coc5ccc(C)cc5c4=O)nn23)cc1. The van der Waals surface area contributed by atoms with E-state index < -0.39 is 5.91 Å². The molecule has 3 heterocycles. The Kier molecular flexibility index (Phi) is 5.23. The number of aryl methyl sites for hydroxylation is 1. The second-order valence-electron chi connectivity index (χ2n) is 7.32. The van der Waals surface area contributed by atoms with Crippen LogP contribution in [-0.4, -0.2) is 27.6 Å². The van der Waals surface area contributed by atoms with Crippen LogP contribution >= 0.6 is 11.3 Å². The molecule has 164 valence electrons. The molecule has 0 bridgehead atoms. The van der Waals surface area contributed by atoms with Crippen LogP contribution in [0.1, 0.15) is 11.1 Å². The predicted molar refractivity (Wildman–Crippen MR) is 128 cm³/mol. The number of fused-ring (bicyclic) bond motifs is 2. The molecular weight excluding hydrogens is 440 g/mol. The Morgan fingerprint density at radius 2 is 2.03 bits per heavy atom. The summed E-state index contributed by atoms with van der Waals surface area (Å²) in [5, 5.41) is 9.45. The van der Waals surface area contributed by atoms with E-state index in [4.69, 9.17) is 9.15 Å². The van der Waals surface area contributed by atoms with Gasteiger partial charge in [0.25, 0.3) is 11.9 Å². The maximum Gasteiger partial charge on any atom is 0.250 e. The second kappa shape index (κ2) is 8.36. The Morgan fingerprint density at radius 1 is 1.21 bits per heavy atom. The summed E-state index contributed by atoms with van der Waals surface area (Å²) in [5.41, 5.74) is 3.33. The average molecular weight is 458 g/mol. The molecule has 0 atom stereocenters. The molecule has 1 amide bonds. The van der Waals surface area contributed by atoms with Crippen molar-refractivity contribution < 1.29 is 13.9 Å². The number of nitrogens with one attached hydrogen (secondary N) is 1. The average Bonchev–Trinajstić information content (AvgIpc) is 3.39. The molecule has 0 saturated carbocycles. The number of hydrogen-bond donors (Lipinski definition) is 1. The highest BCUT2D eigenvalue weighted by Gasteiger charge is 2.13. The number of carbonyl (C=O) groups excluding carboxylic acids is 1. The van der Waals surface area contributed by atoms with E-state index in [1.54, 1.807) is 23.8 Å². The van der Waals surface area contributed by atoms with Gasteiger partial charge in [0.05, 0.1) is 23.8 Å². The van der Waals surface area contributed by atoms with E-state index in [1.165, 1.54) is 29.8 Å². The van der Waals surface area contributed by atoms with E-state index in [0.29, 0.717) is 15.9 Å². The third-order valence-corrected chi connectivity index (χ3v) is 5.89. The van der Waals surface area contributed by atoms with Crippen molar-refractivity contribution in [2.45, 2.75) is 6.92 Å². The van der Waals surface area contributed by atoms with Gasteiger partial charge in [-0.05, 0) is 49.4 Å². The molecule has 0 aliphatic carbocycles. The number of methoxy groups -OCH3 is 1. The number of nitrogens with zero attached hydrogens (tertiary/aromatic N) is 3. The highest BCUT2D eigenvalue weighted by Crippen LogP contribution is 2.27. The zero-order chi connectivity index (χ0) is 22.9. The summed E-state index contributed by atoms with van der Waals surface area (Å²) in [6.07, 6.45) is 4.02. The van der Waals surface area contributed by atoms with Gasteiger partial charge in [-0.1, -0.05) is 11.6 Å². The van der Waals surface area contributed by atoms with E-state index in [2.05, 4.69) is 15.4 Å². The highest BCUT2D eigenvalue weighted by molar-refractivity contribution is 7.15. The number of anilines is 1. The van der Waals surface area contributed by atoms with Crippen molar-refractivity contribution >= 4 is 45.2 Å². The van der Waals surface area contributed by atoms with Crippen molar-refractivity contribution in [1.29, 1.82) is 0 Å². The van der Waals surface area contributed by atoms with Crippen LogP contribution in [0.25, 0.3) is 33.3 Å². The van der Waals surface area contributed by atoms with Gasteiger partial charge in [-0.15, -0.1) is 16.4 Å². The summed E-state index contributed by atoms with van der Waals surface area (Å²) in [6.45, 7) is 1.90. The van der Waals surface area contributed by atoms with Gasteiger partial charge in [0.15, 0.2) is 5.43 Å². The summed E-state index contributed by atoms with van der Waals surface area (Å²) < 4.78 is 12.4. The number of aromatic nitrogens is 3. The Morgan fingerprint density at radius 3 is 2.82 bits per heavy atom. The maximum atomic E-state index is 12.7. The summed E-state index contributed by atoms with van der Waals surface area (Å²) in [7, 11) is 1.62. The van der Waals surface area contributed by atoms with Gasteiger partial charge in [0, 0.05) is 17.0 Å². The molecular formula is C24H18N4O4S. The monoisotopic (exact) mass is 458 g/mol. The first-order valence-corrected chi connectivity index (χ1v) is 10.9. The van der Waals surface area contributed by atoms with Crippen molar-refractivity contribution in [3.63, 3.8) is 0 Å². The van der Waals surface area contributed by atoms with Gasteiger partial charge in [-0.25, -0.2) is 4.52 Å². The van der Waals surface area contributed by atoms with Crippen LogP contribution in [0.5, 0.6) is 5.75 Å². The molecule has 0 aliphatic heterocycles. The minimum Gasteiger partial charge on any atom is -0.497 e. The van der Waals surface area contributed by atoms with E-state index in [0.717, 1.165) is 22.6 Å². The van der Waals surface area contributed by atoms with Crippen LogP contribution in [0.2, 0.25) is 0 Å². The number of rotatable bonds is 5. The number of thiazole rings is 1. The molecule has 0 spiro atoms. The Hall–Kier alpha value is -4.24. The third-order valence-electron chi connectivity index (χ3n) is 5.07. The lowest BCUT2D eigenvalue weighted by Gasteiger charge is -2.02. The first-order chi connectivity index (χ1) is 16.0. The van der Waals surface area contributed by atoms with Gasteiger partial charge in [-0.3, -0.25) is 14.9 Å². The summed E-state index contributed by atoms with van der Waals surface area (Å²) >= 11 is 1.42. The van der Waals surface area contributed by atoms with Crippen LogP contribution < -0.4 is 15.5 Å². The zero-order valence-corrected chi connectivity index (χ0v) is 18.6. The molecule has 9 heteroatoms. The van der Waals surface area contributed by atoms with Crippen molar-refractivity contribution in [3.8, 4) is 17.0 Å². The van der Waals surface area contributed by atoms with Crippen molar-refractivity contribution in [2.24, 2.45) is 0 Å². The van der Waals surface area contributed by atoms with Crippen molar-refractivity contribution in [1.82, 2.24) is 14.6 Å². The van der Waals surface area contributed by atoms with E-state index in [1.807, 2.05) is 42.6 Å². The quantitative estimate of drug-likeness (QED) is 0.389. The van der Waals surface area contributed by atoms with E-state index in [9.17, 15) is 9.59 Å². The van der Waals surface area contributed by atoms with Crippen LogP contribution in [0, 0.1) is 6.92 Å². The predicted octanol–water partition coefficient (Wildman–Crippen LogP) is 4.53. The fourth-order valence-electron chi connectivity index (χ4n) is 3.39. The lowest BCUT2D eigenvalue weighted by atomic mass is 10.1. The normalized spacial score (nSPS) is 11.5. The number of hydrogen-bond acceptors (Lipinski definition) is 7. The molecule has 5 rings (SSSR count). The number of ether oxygens (including phenoxy) is 1. The van der Waals surface area contributed by atoms with Crippen LogP contribution in [-0.2, 0) is 4.79 Å². The third kappa shape index (κ3) is 4.01. The molecule has 33 heavy (non-hydrogen) atoms. The number of carbonyl (C=O) groups is 1. The molecule has 8 nitrogen and oxygen atoms in total. The molecule has 2 aromatic carbocycles. The molecule has 0 aliphatic rings. The Bertz CT molecular complexity index is 1580. The fraction of sp³-hybridized carbons (Fsp3) is 0.0833. The molecule has 5 aromatic rings. The summed E-state index contributed by atoms with van der Waals surface area (Å²) in [4.78, 5) is 30.1. The smallest absolute Gasteiger partial charge is 0.250 e. The fourth-order valence-corrected chi connectivity index (χ4v) is 4.22. The van der Waals surface area contributed by atoms with Crippen LogP contribution in [0.4, 0.5) is 5.95 Å². The molecule has 0 saturated heterocycles. The number of amides is 1. The van der Waals surface area contributed by atoms with Crippen molar-refractivity contribution in [2.75, 3.05) is 12.4 Å². The highest BCUT2D eigenvalue weighted by atomic mass is 32.1. The maximum absolute atomic E-state index is 12.7. The minimum absolute atomic E-state index is 0.174. The molecule has 3 aromatic heterocycles. The first-order valence-electron chi connectivity index (χ1n) is 10.0. The van der Waals surface area contributed by atoms with Crippen LogP contribution in [0.3, 0.4) is 0 Å². The van der Waals surface area contributed by atoms with Gasteiger partial charge >= 0.3 is 0 Å². The lowest BCUT2D eigenvalue weighted by Crippen LogP contribution is -2.10. The standard InChI is InChI=1S/C24H18N4O4S/c1-14-3-9-20-18(11-14)22(30)16(12-32-20)6-10-21(29)25-23-26-24-28(27-23)19(13-33-24)15-4-7-17(31-2)8-5-15/h3-13H,1-2H3,(H,25,27,29)/b10-6+. The van der Waals surface area contributed by atoms with E-state index in [-0.39, 0.29) is 16.9 Å². The molecule has 0 radical (unpaired) electrons. The summed E-state index contributed by atoms with van der Waals surface area (Å²) in [6, 6.07) is 13.0. The second-order valence-corrected chi connectivity index (χ2v) is 8.16. The zero-order valence-electron chi connectivity index (χ0n) is 17.7. The van der Waals surface area contributed by atoms with Gasteiger partial charge in [-0.2, -0.15) is 4.98 Å². The molecule has 0 unspecified atom stereocenters. The minimum atomic E-state index is -0.456. The topological polar surface area (TPSA) is 98.7 Å². The number of benzene rings is 2. The Balaban J connectivity index is 1.36. The lowest BCUT2D eigenvalue weighted by molar-refractivity contribution is -0.111. The van der Waals surface area contributed by atoms with Crippen molar-refractivity contribution in [3.05, 3.63) is 81.5 Å².